The molecule has 9 nitrogen and oxygen atoms in total. The minimum atomic E-state index is -0.967. The number of ether oxygens (including phenoxy) is 1. The Labute approximate surface area is 207 Å². The molecule has 3 aromatic rings. The fraction of sp³-hybridized carbons (Fsp3) is 0.423. The third-order valence-corrected chi connectivity index (χ3v) is 6.89. The number of nitrogens with one attached hydrogen (secondary N) is 2. The van der Waals surface area contributed by atoms with Crippen molar-refractivity contribution in [2.75, 3.05) is 26.3 Å². The monoisotopic (exact) mass is 496 g/mol. The molecule has 1 aromatic carbocycles. The van der Waals surface area contributed by atoms with Crippen molar-refractivity contribution >= 4 is 22.8 Å². The highest BCUT2D eigenvalue weighted by Gasteiger charge is 2.32. The molecule has 1 saturated heterocycles. The van der Waals surface area contributed by atoms with Crippen molar-refractivity contribution in [1.82, 2.24) is 20.2 Å². The van der Waals surface area contributed by atoms with E-state index in [0.717, 1.165) is 12.8 Å². The van der Waals surface area contributed by atoms with E-state index in [1.165, 1.54) is 17.0 Å². The van der Waals surface area contributed by atoms with Gasteiger partial charge >= 0.3 is 0 Å². The quantitative estimate of drug-likeness (QED) is 0.397. The van der Waals surface area contributed by atoms with Crippen LogP contribution in [0.25, 0.3) is 22.2 Å². The van der Waals surface area contributed by atoms with Gasteiger partial charge in [0.15, 0.2) is 0 Å². The topological polar surface area (TPSA) is 128 Å². The van der Waals surface area contributed by atoms with E-state index in [9.17, 15) is 19.1 Å². The van der Waals surface area contributed by atoms with E-state index in [4.69, 9.17) is 9.84 Å². The molecule has 1 aliphatic carbocycles. The number of aliphatic hydroxyl groups excluding tert-OH is 2. The van der Waals surface area contributed by atoms with Crippen molar-refractivity contribution in [3.05, 3.63) is 47.5 Å². The summed E-state index contributed by atoms with van der Waals surface area (Å²) in [6.45, 7) is 2.07. The number of aromatic nitrogens is 2. The van der Waals surface area contributed by atoms with Gasteiger partial charge in [0.1, 0.15) is 23.7 Å². The van der Waals surface area contributed by atoms with E-state index in [2.05, 4.69) is 15.3 Å². The first-order chi connectivity index (χ1) is 17.4. The van der Waals surface area contributed by atoms with Gasteiger partial charge in [0, 0.05) is 36.1 Å². The predicted octanol–water partition coefficient (Wildman–Crippen LogP) is 2.15. The first kappa shape index (κ1) is 24.2. The molecule has 10 heteroatoms. The van der Waals surface area contributed by atoms with E-state index in [0.29, 0.717) is 64.7 Å². The lowest BCUT2D eigenvalue weighted by atomic mass is 10.0. The molecule has 0 unspecified atom stereocenters. The molecule has 0 radical (unpaired) electrons. The second-order valence-electron chi connectivity index (χ2n) is 9.54. The van der Waals surface area contributed by atoms with Gasteiger partial charge in [-0.05, 0) is 56.4 Å². The highest BCUT2D eigenvalue weighted by atomic mass is 19.1. The summed E-state index contributed by atoms with van der Waals surface area (Å²) >= 11 is 0. The van der Waals surface area contributed by atoms with Gasteiger partial charge in [-0.2, -0.15) is 0 Å². The molecule has 1 aliphatic heterocycles. The molecule has 36 heavy (non-hydrogen) atoms. The molecular weight excluding hydrogens is 467 g/mol. The number of aromatic amines is 1. The number of rotatable bonds is 7. The van der Waals surface area contributed by atoms with Crippen LogP contribution in [-0.4, -0.2) is 75.3 Å². The number of piperidine rings is 1. The zero-order valence-electron chi connectivity index (χ0n) is 20.0. The van der Waals surface area contributed by atoms with Crippen LogP contribution in [0.15, 0.2) is 30.5 Å². The number of hydrogen-bond acceptors (Lipinski definition) is 6. The minimum absolute atomic E-state index is 0.0306. The molecule has 2 aromatic heterocycles. The molecular formula is C26H29FN4O5. The molecule has 4 N–H and O–H groups in total. The van der Waals surface area contributed by atoms with Crippen LogP contribution < -0.4 is 10.1 Å². The lowest BCUT2D eigenvalue weighted by Crippen LogP contribution is -2.55. The second-order valence-corrected chi connectivity index (χ2v) is 9.54. The van der Waals surface area contributed by atoms with Gasteiger partial charge in [0.25, 0.3) is 5.91 Å². The van der Waals surface area contributed by atoms with Gasteiger partial charge in [0.2, 0.25) is 5.91 Å². The fourth-order valence-electron chi connectivity index (χ4n) is 4.71. The summed E-state index contributed by atoms with van der Waals surface area (Å²) in [6, 6.07) is 5.62. The van der Waals surface area contributed by atoms with Crippen LogP contribution in [0, 0.1) is 18.7 Å². The third-order valence-electron chi connectivity index (χ3n) is 6.89. The molecule has 0 spiro atoms. The summed E-state index contributed by atoms with van der Waals surface area (Å²) in [5.74, 6) is -0.150. The number of aliphatic hydroxyl groups is 2. The largest absolute Gasteiger partial charge is 0.493 e. The van der Waals surface area contributed by atoms with Crippen molar-refractivity contribution < 1.29 is 28.9 Å². The van der Waals surface area contributed by atoms with Gasteiger partial charge in [0.05, 0.1) is 29.8 Å². The van der Waals surface area contributed by atoms with Crippen LogP contribution in [0.5, 0.6) is 5.75 Å². The molecule has 2 atom stereocenters. The number of H-pyrrole nitrogens is 1. The average Bonchev–Trinajstić information content (AvgIpc) is 3.63. The predicted molar refractivity (Wildman–Crippen MR) is 130 cm³/mol. The Morgan fingerprint density at radius 1 is 1.25 bits per heavy atom. The summed E-state index contributed by atoms with van der Waals surface area (Å²) in [7, 11) is 0. The number of benzene rings is 1. The lowest BCUT2D eigenvalue weighted by molar-refractivity contribution is -0.137. The summed E-state index contributed by atoms with van der Waals surface area (Å²) in [6.07, 6.45) is 3.23. The molecule has 2 amide bonds. The van der Waals surface area contributed by atoms with Crippen LogP contribution in [0.4, 0.5) is 4.39 Å². The Bertz CT molecular complexity index is 1300. The Kier molecular flexibility index (Phi) is 6.63. The van der Waals surface area contributed by atoms with Crippen LogP contribution in [-0.2, 0) is 4.79 Å². The average molecular weight is 497 g/mol. The number of nitrogens with zero attached hydrogens (tertiary/aromatic N) is 2. The number of aryl methyl sites for hydroxylation is 1. The Morgan fingerprint density at radius 3 is 2.78 bits per heavy atom. The SMILES string of the molecule is Cc1[nH]c2c(-c3cc(F)ccc3OCC3CC3)ccnc2c1C(=O)N[C@@H]1CCN(C(=O)CO)C[C@H]1O. The van der Waals surface area contributed by atoms with Gasteiger partial charge in [-0.15, -0.1) is 0 Å². The number of β-amino-alcohol motifs (C(OH)–C–C–N with tert-alkyl or cyclic N) is 1. The maximum atomic E-state index is 14.2. The molecule has 2 aliphatic rings. The molecule has 5 rings (SSSR count). The maximum absolute atomic E-state index is 14.2. The number of hydrogen-bond donors (Lipinski definition) is 4. The van der Waals surface area contributed by atoms with E-state index >= 15 is 0 Å². The van der Waals surface area contributed by atoms with Crippen molar-refractivity contribution in [1.29, 1.82) is 0 Å². The number of fused-ring (bicyclic) bond motifs is 1. The molecule has 1 saturated carbocycles. The molecule has 190 valence electrons. The summed E-state index contributed by atoms with van der Waals surface area (Å²) in [5, 5.41) is 22.4. The Morgan fingerprint density at radius 2 is 2.06 bits per heavy atom. The summed E-state index contributed by atoms with van der Waals surface area (Å²) in [4.78, 5) is 34.1. The molecule has 2 fully saturated rings. The normalized spacial score (nSPS) is 19.9. The first-order valence-electron chi connectivity index (χ1n) is 12.1. The maximum Gasteiger partial charge on any atom is 0.255 e. The number of carbonyl (C=O) groups is 2. The zero-order chi connectivity index (χ0) is 25.4. The van der Waals surface area contributed by atoms with Crippen LogP contribution in [0.2, 0.25) is 0 Å². The van der Waals surface area contributed by atoms with Crippen LogP contribution >= 0.6 is 0 Å². The van der Waals surface area contributed by atoms with Gasteiger partial charge < -0.3 is 30.2 Å². The van der Waals surface area contributed by atoms with Crippen molar-refractivity contribution in [2.24, 2.45) is 5.92 Å². The van der Waals surface area contributed by atoms with E-state index in [1.54, 1.807) is 25.3 Å². The summed E-state index contributed by atoms with van der Waals surface area (Å²) < 4.78 is 20.2. The van der Waals surface area contributed by atoms with Gasteiger partial charge in [-0.3, -0.25) is 14.6 Å². The number of carbonyl (C=O) groups excluding carboxylic acids is 2. The third kappa shape index (κ3) is 4.78. The van der Waals surface area contributed by atoms with E-state index in [1.807, 2.05) is 0 Å². The minimum Gasteiger partial charge on any atom is -0.493 e. The number of halogens is 1. The highest BCUT2D eigenvalue weighted by molar-refractivity contribution is 6.09. The van der Waals surface area contributed by atoms with E-state index in [-0.39, 0.29) is 6.54 Å². The zero-order valence-corrected chi connectivity index (χ0v) is 20.0. The van der Waals surface area contributed by atoms with Crippen molar-refractivity contribution in [3.63, 3.8) is 0 Å². The first-order valence-corrected chi connectivity index (χ1v) is 12.1. The van der Waals surface area contributed by atoms with Crippen LogP contribution in [0.1, 0.15) is 35.3 Å². The fourth-order valence-corrected chi connectivity index (χ4v) is 4.71. The number of likely N-dealkylation sites (tertiary alicyclic amines) is 1. The summed E-state index contributed by atoms with van der Waals surface area (Å²) in [5.41, 5.74) is 3.19. The second kappa shape index (κ2) is 9.87. The van der Waals surface area contributed by atoms with Crippen molar-refractivity contribution in [2.45, 2.75) is 38.3 Å². The van der Waals surface area contributed by atoms with Crippen molar-refractivity contribution in [3.8, 4) is 16.9 Å². The molecule has 3 heterocycles. The van der Waals surface area contributed by atoms with Crippen LogP contribution in [0.3, 0.4) is 0 Å². The number of amides is 2. The Balaban J connectivity index is 1.42. The lowest BCUT2D eigenvalue weighted by Gasteiger charge is -2.36. The van der Waals surface area contributed by atoms with Gasteiger partial charge in [-0.1, -0.05) is 0 Å². The standard InChI is InChI=1S/C26H29FN4O5/c1-14-23(26(35)30-19-7-9-31(11-20(19)33)22(34)12-32)25-24(29-14)17(6-8-28-25)18-10-16(27)4-5-21(18)36-13-15-2-3-15/h4-6,8,10,15,19-20,29,32-33H,2-3,7,9,11-13H2,1H3,(H,30,35)/t19-,20-/m1/s1. The highest BCUT2D eigenvalue weighted by Crippen LogP contribution is 2.38. The van der Waals surface area contributed by atoms with E-state index < -0.39 is 36.4 Å². The molecule has 0 bridgehead atoms. The van der Waals surface area contributed by atoms with Gasteiger partial charge in [-0.25, -0.2) is 4.39 Å². The number of pyridine rings is 1. The smallest absolute Gasteiger partial charge is 0.255 e. The Hall–Kier alpha value is -3.50.